The van der Waals surface area contributed by atoms with Crippen LogP contribution < -0.4 is 9.64 Å². The lowest BCUT2D eigenvalue weighted by atomic mass is 9.92. The summed E-state index contributed by atoms with van der Waals surface area (Å²) >= 11 is 0. The van der Waals surface area contributed by atoms with Crippen LogP contribution in [0.25, 0.3) is 28.0 Å². The van der Waals surface area contributed by atoms with E-state index in [1.54, 1.807) is 26.8 Å². The van der Waals surface area contributed by atoms with E-state index in [1.165, 1.54) is 19.2 Å². The first kappa shape index (κ1) is 35.3. The topological polar surface area (TPSA) is 94.8 Å². The molecule has 1 saturated heterocycles. The lowest BCUT2D eigenvalue weighted by Crippen LogP contribution is -2.45. The first-order chi connectivity index (χ1) is 22.8. The maximum atomic E-state index is 14.4. The van der Waals surface area contributed by atoms with Crippen molar-refractivity contribution < 1.29 is 33.2 Å². The summed E-state index contributed by atoms with van der Waals surface area (Å²) < 4.78 is 39.8. The molecule has 48 heavy (non-hydrogen) atoms. The highest BCUT2D eigenvalue weighted by Gasteiger charge is 2.33. The number of hydrogen-bond acceptors (Lipinski definition) is 8. The van der Waals surface area contributed by atoms with Crippen LogP contribution in [0.3, 0.4) is 0 Å². The second kappa shape index (κ2) is 14.6. The van der Waals surface area contributed by atoms with Gasteiger partial charge in [0.25, 0.3) is 0 Å². The molecule has 0 saturated carbocycles. The zero-order valence-electron chi connectivity index (χ0n) is 29.2. The molecule has 0 aliphatic carbocycles. The van der Waals surface area contributed by atoms with Crippen molar-refractivity contribution in [2.45, 2.75) is 72.0 Å². The number of benzene rings is 2. The van der Waals surface area contributed by atoms with Crippen LogP contribution in [0.2, 0.25) is 0 Å². The number of imidazole rings is 1. The molecule has 0 amide bonds. The third kappa shape index (κ3) is 8.35. The summed E-state index contributed by atoms with van der Waals surface area (Å²) in [5, 5.41) is 8.52. The fraction of sp³-hybridized carbons (Fsp3) is 0.474. The van der Waals surface area contributed by atoms with Gasteiger partial charge in [-0.15, -0.1) is 0 Å². The number of aryl methyl sites for hydroxylation is 1. The number of carbonyl (C=O) groups is 1. The molecule has 3 aliphatic rings. The molecule has 1 fully saturated rings. The number of ether oxygens (including phenoxy) is 4. The van der Waals surface area contributed by atoms with Gasteiger partial charge in [0.15, 0.2) is 0 Å². The van der Waals surface area contributed by atoms with Crippen LogP contribution in [-0.4, -0.2) is 78.3 Å². The minimum Gasteiger partial charge on any atom is -0.491 e. The summed E-state index contributed by atoms with van der Waals surface area (Å²) in [6.45, 7) is 14.7. The van der Waals surface area contributed by atoms with Gasteiger partial charge in [-0.25, -0.2) is 9.37 Å². The number of aromatic nitrogens is 2. The zero-order valence-corrected chi connectivity index (χ0v) is 29.2. The van der Waals surface area contributed by atoms with E-state index in [2.05, 4.69) is 23.1 Å². The average molecular weight is 662 g/mol. The number of pyridine rings is 1. The van der Waals surface area contributed by atoms with Gasteiger partial charge in [0.1, 0.15) is 29.6 Å². The normalized spacial score (nSPS) is 16.5. The Bertz CT molecular complexity index is 1750. The predicted molar refractivity (Wildman–Crippen MR) is 185 cm³/mol. The van der Waals surface area contributed by atoms with E-state index in [0.29, 0.717) is 37.7 Å². The Labute approximate surface area is 282 Å². The Morgan fingerprint density at radius 3 is 2.42 bits per heavy atom. The van der Waals surface area contributed by atoms with Gasteiger partial charge in [-0.05, 0) is 95.3 Å². The van der Waals surface area contributed by atoms with E-state index in [0.717, 1.165) is 70.9 Å². The Morgan fingerprint density at radius 2 is 1.71 bits per heavy atom. The summed E-state index contributed by atoms with van der Waals surface area (Å²) in [5.41, 5.74) is 6.20. The maximum Gasteiger partial charge on any atom is 0.310 e. The maximum absolute atomic E-state index is 14.4. The molecule has 10 heteroatoms. The highest BCUT2D eigenvalue weighted by molar-refractivity contribution is 5.80. The van der Waals surface area contributed by atoms with Crippen molar-refractivity contribution in [3.05, 3.63) is 71.2 Å². The van der Waals surface area contributed by atoms with E-state index in [-0.39, 0.29) is 23.8 Å². The van der Waals surface area contributed by atoms with E-state index < -0.39 is 5.60 Å². The molecule has 1 N–H and O–H groups in total. The molecular formula is C38H48FN3O6. The lowest BCUT2D eigenvalue weighted by molar-refractivity contribution is -0.139. The van der Waals surface area contributed by atoms with Crippen molar-refractivity contribution in [2.75, 3.05) is 51.5 Å². The number of piperidine rings is 1. The number of carbonyl (C=O) groups excluding carboxylic acids is 1. The molecular weight excluding hydrogens is 613 g/mol. The van der Waals surface area contributed by atoms with E-state index in [4.69, 9.17) is 29.0 Å². The number of fused-ring (bicyclic) bond motifs is 8. The van der Waals surface area contributed by atoms with Crippen LogP contribution >= 0.6 is 0 Å². The fourth-order valence-corrected chi connectivity index (χ4v) is 6.12. The van der Waals surface area contributed by atoms with Gasteiger partial charge in [-0.3, -0.25) is 9.20 Å². The molecule has 6 bridgehead atoms. The van der Waals surface area contributed by atoms with Gasteiger partial charge in [-0.1, -0.05) is 18.2 Å². The number of halogens is 1. The van der Waals surface area contributed by atoms with Gasteiger partial charge in [0.2, 0.25) is 0 Å². The summed E-state index contributed by atoms with van der Waals surface area (Å²) in [7, 11) is 1.42. The first-order valence-electron chi connectivity index (χ1n) is 16.6. The highest BCUT2D eigenvalue weighted by Crippen LogP contribution is 2.38. The molecule has 2 aromatic carbocycles. The number of aliphatic hydroxyl groups is 1. The van der Waals surface area contributed by atoms with Gasteiger partial charge in [0.05, 0.1) is 50.2 Å². The summed E-state index contributed by atoms with van der Waals surface area (Å²) in [5.74, 6) is 0.923. The molecule has 0 atom stereocenters. The Balaban J connectivity index is 0.000000840. The fourth-order valence-electron chi connectivity index (χ4n) is 6.12. The SMILES string of the molecule is CC(C)(C)O.COC(=O)Cc1c(C)c(C)c2nc3cn2c1N1CCC(C)(CC1)OCCOCCOc1ccc(F)cc1-c1cccc-3c1. The van der Waals surface area contributed by atoms with Crippen LogP contribution in [0.15, 0.2) is 48.7 Å². The molecule has 5 heterocycles. The van der Waals surface area contributed by atoms with Crippen LogP contribution in [0.1, 0.15) is 57.2 Å². The summed E-state index contributed by atoms with van der Waals surface area (Å²) in [6, 6.07) is 12.5. The number of anilines is 1. The summed E-state index contributed by atoms with van der Waals surface area (Å²) in [6.07, 6.45) is 3.87. The van der Waals surface area contributed by atoms with E-state index in [1.807, 2.05) is 37.4 Å². The van der Waals surface area contributed by atoms with Crippen LogP contribution in [0.4, 0.5) is 10.2 Å². The Morgan fingerprint density at radius 1 is 1.02 bits per heavy atom. The van der Waals surface area contributed by atoms with Gasteiger partial charge >= 0.3 is 5.97 Å². The number of methoxy groups -OCH3 is 1. The lowest BCUT2D eigenvalue weighted by Gasteiger charge is -2.41. The number of hydrogen-bond donors (Lipinski definition) is 1. The van der Waals surface area contributed by atoms with Gasteiger partial charge < -0.3 is 29.0 Å². The van der Waals surface area contributed by atoms with Crippen molar-refractivity contribution >= 4 is 17.4 Å². The smallest absolute Gasteiger partial charge is 0.310 e. The second-order valence-electron chi connectivity index (χ2n) is 13.8. The molecule has 0 spiro atoms. The van der Waals surface area contributed by atoms with Crippen LogP contribution in [-0.2, 0) is 25.4 Å². The van der Waals surface area contributed by atoms with Crippen molar-refractivity contribution in [3.8, 4) is 28.1 Å². The predicted octanol–water partition coefficient (Wildman–Crippen LogP) is 6.70. The number of rotatable bonds is 2. The number of nitrogens with zero attached hydrogens (tertiary/aromatic N) is 3. The van der Waals surface area contributed by atoms with E-state index >= 15 is 0 Å². The van der Waals surface area contributed by atoms with Crippen LogP contribution in [0.5, 0.6) is 5.75 Å². The molecule has 0 radical (unpaired) electrons. The monoisotopic (exact) mass is 661 g/mol. The van der Waals surface area contributed by atoms with E-state index in [9.17, 15) is 9.18 Å². The quantitative estimate of drug-likeness (QED) is 0.187. The minimum absolute atomic E-state index is 0.168. The standard InChI is InChI=1S/C34H38FN3O5.C4H10O/c1-22-23(2)32-36-29-21-38(32)33(27(22)20-31(39)40-4)37-12-10-34(3,11-13-37)43-17-15-41-14-16-42-30-9-8-26(35)19-28(30)24-6-5-7-25(29)18-24;1-4(2,3)5/h5-9,18-19,21H,10-17,20H2,1-4H3;5H,1-3H3. The molecule has 3 aliphatic heterocycles. The van der Waals surface area contributed by atoms with Crippen LogP contribution in [0, 0.1) is 19.7 Å². The van der Waals surface area contributed by atoms with Crippen molar-refractivity contribution in [1.82, 2.24) is 9.38 Å². The molecule has 258 valence electrons. The zero-order chi connectivity index (χ0) is 34.6. The number of esters is 1. The van der Waals surface area contributed by atoms with Crippen molar-refractivity contribution in [3.63, 3.8) is 0 Å². The molecule has 9 nitrogen and oxygen atoms in total. The van der Waals surface area contributed by atoms with Crippen molar-refractivity contribution in [1.29, 1.82) is 0 Å². The molecule has 0 unspecified atom stereocenters. The molecule has 7 rings (SSSR count). The van der Waals surface area contributed by atoms with Crippen molar-refractivity contribution in [2.24, 2.45) is 0 Å². The average Bonchev–Trinajstić information content (AvgIpc) is 3.49. The first-order valence-corrected chi connectivity index (χ1v) is 16.6. The molecule has 2 aromatic heterocycles. The second-order valence-corrected chi connectivity index (χ2v) is 13.8. The largest absolute Gasteiger partial charge is 0.491 e. The van der Waals surface area contributed by atoms with Gasteiger partial charge in [-0.2, -0.15) is 0 Å². The van der Waals surface area contributed by atoms with Gasteiger partial charge in [0, 0.05) is 36.0 Å². The Hall–Kier alpha value is -3.99. The minimum atomic E-state index is -0.500. The molecule has 4 aromatic rings. The third-order valence-electron chi connectivity index (χ3n) is 8.80. The third-order valence-corrected chi connectivity index (χ3v) is 8.80. The highest BCUT2D eigenvalue weighted by atomic mass is 19.1. The Kier molecular flexibility index (Phi) is 10.8. The summed E-state index contributed by atoms with van der Waals surface area (Å²) in [4.78, 5) is 20.1.